The number of nitrogens with zero attached hydrogens (tertiary/aromatic N) is 1. The number of carbonyl (C=O) groups excluding carboxylic acids is 4. The van der Waals surface area contributed by atoms with Gasteiger partial charge in [0.1, 0.15) is 30.0 Å². The highest BCUT2D eigenvalue weighted by molar-refractivity contribution is 5.97. The Morgan fingerprint density at radius 3 is 2.22 bits per heavy atom. The first-order valence-electron chi connectivity index (χ1n) is 13.8. The maximum absolute atomic E-state index is 13.7. The smallest absolute Gasteiger partial charge is 0.243 e. The predicted octanol–water partition coefficient (Wildman–Crippen LogP) is 0.693. The molecule has 2 aliphatic rings. The van der Waals surface area contributed by atoms with Crippen LogP contribution >= 0.6 is 0 Å². The van der Waals surface area contributed by atoms with Gasteiger partial charge in [-0.3, -0.25) is 24.1 Å². The highest BCUT2D eigenvalue weighted by Crippen LogP contribution is 2.23. The molecule has 2 fully saturated rings. The lowest BCUT2D eigenvalue weighted by molar-refractivity contribution is -0.133. The quantitative estimate of drug-likeness (QED) is 0.301. The van der Waals surface area contributed by atoms with Crippen LogP contribution in [0.5, 0.6) is 5.75 Å². The van der Waals surface area contributed by atoms with Crippen molar-refractivity contribution in [2.75, 3.05) is 46.6 Å². The van der Waals surface area contributed by atoms with Crippen LogP contribution in [0.4, 0.5) is 0 Å². The first kappa shape index (κ1) is 30.2. The monoisotopic (exact) mass is 566 g/mol. The molecule has 11 nitrogen and oxygen atoms in total. The van der Waals surface area contributed by atoms with Crippen molar-refractivity contribution in [3.8, 4) is 5.75 Å². The molecule has 0 aliphatic carbocycles. The molecule has 220 valence electrons. The first-order valence-corrected chi connectivity index (χ1v) is 13.8. The Hall–Kier alpha value is -3.80. The molecule has 2 aromatic rings. The second kappa shape index (κ2) is 14.2. The van der Waals surface area contributed by atoms with Gasteiger partial charge in [-0.25, -0.2) is 0 Å². The molecule has 0 unspecified atom stereocenters. The van der Waals surface area contributed by atoms with E-state index in [1.165, 1.54) is 0 Å². The van der Waals surface area contributed by atoms with E-state index in [1.807, 2.05) is 24.0 Å². The summed E-state index contributed by atoms with van der Waals surface area (Å²) >= 11 is 0. The number of epoxide rings is 1. The molecule has 2 saturated heterocycles. The van der Waals surface area contributed by atoms with Gasteiger partial charge >= 0.3 is 0 Å². The van der Waals surface area contributed by atoms with E-state index >= 15 is 0 Å². The van der Waals surface area contributed by atoms with Gasteiger partial charge in [-0.15, -0.1) is 0 Å². The third-order valence-corrected chi connectivity index (χ3v) is 7.11. The number of amides is 3. The number of Topliss-reactive ketones (excluding diaryl/α,β-unsaturated/α-hetero) is 1. The van der Waals surface area contributed by atoms with Crippen LogP contribution in [0.15, 0.2) is 48.5 Å². The average molecular weight is 567 g/mol. The molecule has 2 aromatic carbocycles. The van der Waals surface area contributed by atoms with E-state index in [2.05, 4.69) is 16.0 Å². The molecule has 3 amide bonds. The minimum atomic E-state index is -1.02. The fourth-order valence-electron chi connectivity index (χ4n) is 4.54. The summed E-state index contributed by atoms with van der Waals surface area (Å²) in [6.45, 7) is 6.37. The number of aryl methyl sites for hydroxylation is 1. The number of hydrogen-bond donors (Lipinski definition) is 3. The molecule has 2 aliphatic heterocycles. The van der Waals surface area contributed by atoms with Crippen LogP contribution in [0.3, 0.4) is 0 Å². The van der Waals surface area contributed by atoms with Gasteiger partial charge in [-0.1, -0.05) is 42.0 Å². The lowest BCUT2D eigenvalue weighted by atomic mass is 9.98. The van der Waals surface area contributed by atoms with Crippen LogP contribution in [0.25, 0.3) is 0 Å². The molecule has 3 N–H and O–H groups in total. The first-order chi connectivity index (χ1) is 19.7. The number of benzene rings is 2. The Labute approximate surface area is 239 Å². The highest BCUT2D eigenvalue weighted by Gasteiger charge is 2.39. The van der Waals surface area contributed by atoms with Gasteiger partial charge in [-0.05, 0) is 37.1 Å². The summed E-state index contributed by atoms with van der Waals surface area (Å²) in [5.74, 6) is -0.927. The predicted molar refractivity (Wildman–Crippen MR) is 150 cm³/mol. The van der Waals surface area contributed by atoms with Crippen molar-refractivity contribution in [3.05, 3.63) is 65.2 Å². The van der Waals surface area contributed by atoms with E-state index in [0.717, 1.165) is 11.1 Å². The van der Waals surface area contributed by atoms with Crippen LogP contribution < -0.4 is 20.7 Å². The van der Waals surface area contributed by atoms with Crippen LogP contribution in [-0.2, 0) is 35.1 Å². The van der Waals surface area contributed by atoms with Crippen LogP contribution in [0, 0.1) is 6.92 Å². The Morgan fingerprint density at radius 2 is 1.61 bits per heavy atom. The summed E-state index contributed by atoms with van der Waals surface area (Å²) < 4.78 is 15.7. The van der Waals surface area contributed by atoms with Gasteiger partial charge in [0, 0.05) is 19.5 Å². The van der Waals surface area contributed by atoms with Crippen molar-refractivity contribution in [1.29, 1.82) is 0 Å². The minimum Gasteiger partial charge on any atom is -0.497 e. The van der Waals surface area contributed by atoms with E-state index in [4.69, 9.17) is 14.2 Å². The lowest BCUT2D eigenvalue weighted by Crippen LogP contribution is -2.55. The number of rotatable bonds is 13. The molecule has 0 radical (unpaired) electrons. The fourth-order valence-corrected chi connectivity index (χ4v) is 4.54. The topological polar surface area (TPSA) is 139 Å². The molecular weight excluding hydrogens is 528 g/mol. The molecule has 4 atom stereocenters. The van der Waals surface area contributed by atoms with Gasteiger partial charge in [0.2, 0.25) is 17.7 Å². The van der Waals surface area contributed by atoms with E-state index in [1.54, 1.807) is 50.4 Å². The fraction of sp³-hybridized carbons (Fsp3) is 0.467. The Morgan fingerprint density at radius 1 is 0.951 bits per heavy atom. The highest BCUT2D eigenvalue weighted by atomic mass is 16.6. The minimum absolute atomic E-state index is 0.153. The Balaban J connectivity index is 1.47. The second-order valence-electron chi connectivity index (χ2n) is 10.4. The summed E-state index contributed by atoms with van der Waals surface area (Å²) in [4.78, 5) is 54.4. The zero-order valence-corrected chi connectivity index (χ0v) is 23.7. The molecule has 2 heterocycles. The number of nitrogens with one attached hydrogen (secondary N) is 3. The number of ether oxygens (including phenoxy) is 3. The van der Waals surface area contributed by atoms with Gasteiger partial charge in [0.05, 0.1) is 33.5 Å². The van der Waals surface area contributed by atoms with Crippen molar-refractivity contribution in [2.24, 2.45) is 0 Å². The number of methoxy groups -OCH3 is 1. The molecule has 0 spiro atoms. The molecule has 4 rings (SSSR count). The van der Waals surface area contributed by atoms with E-state index in [-0.39, 0.29) is 24.7 Å². The van der Waals surface area contributed by atoms with Crippen molar-refractivity contribution in [1.82, 2.24) is 20.9 Å². The zero-order valence-electron chi connectivity index (χ0n) is 23.7. The summed E-state index contributed by atoms with van der Waals surface area (Å²) in [6, 6.07) is 11.6. The van der Waals surface area contributed by atoms with Crippen LogP contribution in [0.1, 0.15) is 29.7 Å². The van der Waals surface area contributed by atoms with E-state index in [9.17, 15) is 19.2 Å². The van der Waals surface area contributed by atoms with E-state index < -0.39 is 36.0 Å². The van der Waals surface area contributed by atoms with Crippen molar-refractivity contribution in [3.63, 3.8) is 0 Å². The third-order valence-electron chi connectivity index (χ3n) is 7.11. The van der Waals surface area contributed by atoms with Gasteiger partial charge < -0.3 is 30.2 Å². The summed E-state index contributed by atoms with van der Waals surface area (Å²) in [7, 11) is 1.56. The maximum Gasteiger partial charge on any atom is 0.243 e. The number of hydrogen-bond acceptors (Lipinski definition) is 8. The molecule has 0 aromatic heterocycles. The third kappa shape index (κ3) is 8.84. The summed E-state index contributed by atoms with van der Waals surface area (Å²) in [5, 5.41) is 8.33. The summed E-state index contributed by atoms with van der Waals surface area (Å²) in [5.41, 5.74) is 2.42. The van der Waals surface area contributed by atoms with E-state index in [0.29, 0.717) is 44.2 Å². The molecule has 0 saturated carbocycles. The largest absolute Gasteiger partial charge is 0.497 e. The standard InChI is InChI=1S/C30H38N4O7/c1-19-4-8-22(9-5-19)27(28(36)25-18-41-25)33-30(38)24(16-21-6-10-23(39-3)11-7-21)32-29(37)20(2)31-26(35)17-34-12-14-40-15-13-34/h4-11,20,24-25,27H,12-18H2,1-3H3,(H,31,35)(H,32,37)(H,33,38)/t20-,24-,25+,27+/m0/s1. The molecular formula is C30H38N4O7. The SMILES string of the molecule is COc1ccc(C[C@H](NC(=O)[C@H](C)NC(=O)CN2CCOCC2)C(=O)N[C@@H](C(=O)[C@H]2CO2)c2ccc(C)cc2)cc1. The second-order valence-corrected chi connectivity index (χ2v) is 10.4. The molecule has 0 bridgehead atoms. The number of ketones is 1. The zero-order chi connectivity index (χ0) is 29.4. The van der Waals surface area contributed by atoms with Crippen molar-refractivity contribution in [2.45, 2.75) is 44.5 Å². The lowest BCUT2D eigenvalue weighted by Gasteiger charge is -2.27. The molecule has 11 heteroatoms. The van der Waals surface area contributed by atoms with Gasteiger partial charge in [0.15, 0.2) is 5.78 Å². The van der Waals surface area contributed by atoms with Crippen LogP contribution in [0.2, 0.25) is 0 Å². The number of carbonyl (C=O) groups is 4. The number of morpholine rings is 1. The maximum atomic E-state index is 13.7. The molecule has 41 heavy (non-hydrogen) atoms. The van der Waals surface area contributed by atoms with Gasteiger partial charge in [0.25, 0.3) is 0 Å². The average Bonchev–Trinajstić information content (AvgIpc) is 3.82. The van der Waals surface area contributed by atoms with Crippen molar-refractivity contribution >= 4 is 23.5 Å². The Kier molecular flexibility index (Phi) is 10.4. The van der Waals surface area contributed by atoms with Crippen molar-refractivity contribution < 1.29 is 33.4 Å². The normalized spacial score (nSPS) is 18.9. The van der Waals surface area contributed by atoms with Crippen LogP contribution in [-0.4, -0.2) is 93.2 Å². The van der Waals surface area contributed by atoms with Gasteiger partial charge in [-0.2, -0.15) is 0 Å². The summed E-state index contributed by atoms with van der Waals surface area (Å²) in [6.07, 6.45) is -0.414. The Bertz CT molecular complexity index is 1210.